The van der Waals surface area contributed by atoms with E-state index in [0.29, 0.717) is 0 Å². The van der Waals surface area contributed by atoms with E-state index < -0.39 is 0 Å². The third-order valence-electron chi connectivity index (χ3n) is 3.15. The fraction of sp³-hybridized carbons (Fsp3) is 0.250. The predicted octanol–water partition coefficient (Wildman–Crippen LogP) is 5.49. The van der Waals surface area contributed by atoms with Gasteiger partial charge in [0.15, 0.2) is 0 Å². The van der Waals surface area contributed by atoms with Gasteiger partial charge in [0.2, 0.25) is 0 Å². The number of benzene rings is 2. The van der Waals surface area contributed by atoms with Crippen molar-refractivity contribution in [3.8, 4) is 0 Å². The second-order valence-corrected chi connectivity index (χ2v) is 6.69. The van der Waals surface area contributed by atoms with Gasteiger partial charge in [-0.2, -0.15) is 0 Å². The van der Waals surface area contributed by atoms with Crippen molar-refractivity contribution in [2.24, 2.45) is 0 Å². The molecule has 0 bridgehead atoms. The van der Waals surface area contributed by atoms with E-state index in [-0.39, 0.29) is 6.04 Å². The van der Waals surface area contributed by atoms with E-state index in [1.54, 1.807) is 0 Å². The maximum absolute atomic E-state index is 6.27. The van der Waals surface area contributed by atoms with Crippen LogP contribution in [-0.2, 0) is 6.42 Å². The molecule has 0 heterocycles. The van der Waals surface area contributed by atoms with Gasteiger partial charge in [-0.25, -0.2) is 0 Å². The second-order valence-electron chi connectivity index (χ2n) is 4.60. The third kappa shape index (κ3) is 4.35. The molecule has 106 valence electrons. The Hall–Kier alpha value is -0.290. The highest BCUT2D eigenvalue weighted by atomic mass is 127. The molecule has 1 unspecified atom stereocenters. The average molecular weight is 420 g/mol. The van der Waals surface area contributed by atoms with Crippen LogP contribution in [0.2, 0.25) is 10.0 Å². The lowest BCUT2D eigenvalue weighted by atomic mass is 9.99. The first-order valence-corrected chi connectivity index (χ1v) is 8.36. The van der Waals surface area contributed by atoms with Crippen LogP contribution in [0.3, 0.4) is 0 Å². The van der Waals surface area contributed by atoms with E-state index in [0.717, 1.165) is 28.6 Å². The Labute approximate surface area is 143 Å². The molecule has 0 spiro atoms. The molecule has 0 aliphatic heterocycles. The van der Waals surface area contributed by atoms with E-state index in [9.17, 15) is 0 Å². The van der Waals surface area contributed by atoms with Crippen LogP contribution in [0, 0.1) is 3.57 Å². The van der Waals surface area contributed by atoms with Crippen molar-refractivity contribution in [3.63, 3.8) is 0 Å². The summed E-state index contributed by atoms with van der Waals surface area (Å²) >= 11 is 14.6. The molecule has 2 rings (SSSR count). The van der Waals surface area contributed by atoms with Gasteiger partial charge < -0.3 is 5.32 Å². The number of nitrogens with one attached hydrogen (secondary N) is 1. The third-order valence-corrected chi connectivity index (χ3v) is 4.48. The Balaban J connectivity index is 2.25. The van der Waals surface area contributed by atoms with Gasteiger partial charge in [-0.15, -0.1) is 0 Å². The number of hydrogen-bond acceptors (Lipinski definition) is 1. The number of hydrogen-bond donors (Lipinski definition) is 1. The maximum Gasteiger partial charge on any atom is 0.0439 e. The Bertz CT molecular complexity index is 569. The van der Waals surface area contributed by atoms with E-state index >= 15 is 0 Å². The minimum absolute atomic E-state index is 0.243. The summed E-state index contributed by atoms with van der Waals surface area (Å²) in [5.41, 5.74) is 2.34. The second kappa shape index (κ2) is 7.64. The average Bonchev–Trinajstić information content (AvgIpc) is 2.43. The molecule has 1 N–H and O–H groups in total. The first kappa shape index (κ1) is 16.1. The molecule has 0 amide bonds. The smallest absolute Gasteiger partial charge is 0.0439 e. The molecule has 2 aromatic carbocycles. The summed E-state index contributed by atoms with van der Waals surface area (Å²) in [7, 11) is 0. The summed E-state index contributed by atoms with van der Waals surface area (Å²) in [6, 6.07) is 14.4. The van der Waals surface area contributed by atoms with Crippen LogP contribution < -0.4 is 5.32 Å². The molecule has 1 atom stereocenters. The number of halogens is 3. The Morgan fingerprint density at radius 1 is 1.10 bits per heavy atom. The first-order valence-electron chi connectivity index (χ1n) is 6.53. The van der Waals surface area contributed by atoms with Crippen molar-refractivity contribution in [1.82, 2.24) is 5.32 Å². The maximum atomic E-state index is 6.27. The van der Waals surface area contributed by atoms with Crippen molar-refractivity contribution in [2.75, 3.05) is 6.54 Å². The van der Waals surface area contributed by atoms with Gasteiger partial charge in [-0.3, -0.25) is 0 Å². The summed E-state index contributed by atoms with van der Waals surface area (Å²) in [6.07, 6.45) is 0.827. The van der Waals surface area contributed by atoms with Gasteiger partial charge in [0.1, 0.15) is 0 Å². The summed E-state index contributed by atoms with van der Waals surface area (Å²) in [4.78, 5) is 0. The standard InChI is InChI=1S/C16H16Cl2IN/c1-2-20-16(11-3-6-14(19)7-4-11)10-12-9-13(17)5-8-15(12)18/h3-9,16,20H,2,10H2,1H3. The van der Waals surface area contributed by atoms with E-state index in [4.69, 9.17) is 23.2 Å². The number of rotatable bonds is 5. The van der Waals surface area contributed by atoms with Gasteiger partial charge in [-0.05, 0) is 77.0 Å². The summed E-state index contributed by atoms with van der Waals surface area (Å²) in [5.74, 6) is 0. The van der Waals surface area contributed by atoms with Gasteiger partial charge in [0.05, 0.1) is 0 Å². The highest BCUT2D eigenvalue weighted by Crippen LogP contribution is 2.26. The fourth-order valence-corrected chi connectivity index (χ4v) is 2.92. The van der Waals surface area contributed by atoms with Crippen molar-refractivity contribution in [1.29, 1.82) is 0 Å². The lowest BCUT2D eigenvalue weighted by molar-refractivity contribution is 0.550. The Morgan fingerprint density at radius 2 is 1.80 bits per heavy atom. The van der Waals surface area contributed by atoms with Crippen LogP contribution in [0.1, 0.15) is 24.1 Å². The zero-order valence-corrected chi connectivity index (χ0v) is 14.8. The van der Waals surface area contributed by atoms with Crippen molar-refractivity contribution < 1.29 is 0 Å². The molecular formula is C16H16Cl2IN. The zero-order valence-electron chi connectivity index (χ0n) is 11.2. The minimum Gasteiger partial charge on any atom is -0.310 e. The summed E-state index contributed by atoms with van der Waals surface area (Å²) in [5, 5.41) is 5.00. The lowest BCUT2D eigenvalue weighted by Gasteiger charge is -2.19. The van der Waals surface area contributed by atoms with E-state index in [1.807, 2.05) is 18.2 Å². The largest absolute Gasteiger partial charge is 0.310 e. The predicted molar refractivity (Wildman–Crippen MR) is 95.7 cm³/mol. The molecule has 1 nitrogen and oxygen atoms in total. The molecule has 0 aliphatic rings. The molecule has 0 aliphatic carbocycles. The molecule has 0 fully saturated rings. The van der Waals surface area contributed by atoms with Gasteiger partial charge in [0.25, 0.3) is 0 Å². The molecule has 0 radical (unpaired) electrons. The van der Waals surface area contributed by atoms with E-state index in [2.05, 4.69) is 59.1 Å². The highest BCUT2D eigenvalue weighted by molar-refractivity contribution is 14.1. The molecule has 20 heavy (non-hydrogen) atoms. The SMILES string of the molecule is CCNC(Cc1cc(Cl)ccc1Cl)c1ccc(I)cc1. The molecule has 0 aromatic heterocycles. The van der Waals surface area contributed by atoms with Gasteiger partial charge in [-0.1, -0.05) is 42.3 Å². The Morgan fingerprint density at radius 3 is 2.45 bits per heavy atom. The summed E-state index contributed by atoms with van der Waals surface area (Å²) in [6.45, 7) is 3.02. The molecular weight excluding hydrogens is 404 g/mol. The van der Waals surface area contributed by atoms with Gasteiger partial charge >= 0.3 is 0 Å². The highest BCUT2D eigenvalue weighted by Gasteiger charge is 2.13. The Kier molecular flexibility index (Phi) is 6.15. The number of likely N-dealkylation sites (N-methyl/N-ethyl adjacent to an activating group) is 1. The molecule has 2 aromatic rings. The summed E-state index contributed by atoms with van der Waals surface area (Å²) < 4.78 is 1.24. The van der Waals surface area contributed by atoms with Gasteiger partial charge in [0, 0.05) is 19.7 Å². The monoisotopic (exact) mass is 419 g/mol. The van der Waals surface area contributed by atoms with Crippen LogP contribution in [0.15, 0.2) is 42.5 Å². The van der Waals surface area contributed by atoms with Crippen molar-refractivity contribution >= 4 is 45.8 Å². The van der Waals surface area contributed by atoms with Crippen molar-refractivity contribution in [3.05, 3.63) is 67.2 Å². The first-order chi connectivity index (χ1) is 9.60. The zero-order chi connectivity index (χ0) is 14.5. The topological polar surface area (TPSA) is 12.0 Å². The molecule has 0 saturated heterocycles. The lowest BCUT2D eigenvalue weighted by Crippen LogP contribution is -2.23. The minimum atomic E-state index is 0.243. The molecule has 0 saturated carbocycles. The van der Waals surface area contributed by atoms with Crippen LogP contribution in [0.5, 0.6) is 0 Å². The van der Waals surface area contributed by atoms with Crippen LogP contribution in [0.25, 0.3) is 0 Å². The normalized spacial score (nSPS) is 12.4. The fourth-order valence-electron chi connectivity index (χ4n) is 2.17. The molecule has 4 heteroatoms. The van der Waals surface area contributed by atoms with Crippen molar-refractivity contribution in [2.45, 2.75) is 19.4 Å². The van der Waals surface area contributed by atoms with Crippen LogP contribution >= 0.6 is 45.8 Å². The van der Waals surface area contributed by atoms with Crippen LogP contribution in [-0.4, -0.2) is 6.54 Å². The quantitative estimate of drug-likeness (QED) is 0.631. The van der Waals surface area contributed by atoms with E-state index in [1.165, 1.54) is 9.13 Å². The van der Waals surface area contributed by atoms with Crippen LogP contribution in [0.4, 0.5) is 0 Å².